The highest BCUT2D eigenvalue weighted by Crippen LogP contribution is 2.21. The van der Waals surface area contributed by atoms with Crippen molar-refractivity contribution in [1.82, 2.24) is 20.4 Å². The van der Waals surface area contributed by atoms with E-state index in [1.807, 2.05) is 12.1 Å². The summed E-state index contributed by atoms with van der Waals surface area (Å²) < 4.78 is 0.921. The van der Waals surface area contributed by atoms with Gasteiger partial charge in [-0.3, -0.25) is 14.7 Å². The van der Waals surface area contributed by atoms with Gasteiger partial charge in [-0.15, -0.1) is 0 Å². The molecule has 1 atom stereocenters. The summed E-state index contributed by atoms with van der Waals surface area (Å²) in [4.78, 5) is 26.7. The highest BCUT2D eigenvalue weighted by atomic mass is 79.9. The first-order valence-electron chi connectivity index (χ1n) is 7.47. The van der Waals surface area contributed by atoms with E-state index >= 15 is 0 Å². The van der Waals surface area contributed by atoms with Crippen LogP contribution in [-0.4, -0.2) is 39.5 Å². The number of nitrogens with zero attached hydrogens (tertiary/aromatic N) is 2. The van der Waals surface area contributed by atoms with Crippen molar-refractivity contribution < 1.29 is 9.59 Å². The SMILES string of the molecule is O=C(NCc1ccn[nH]1)[C@H]1CCCN1C(=O)c1ccc(Br)cc1. The van der Waals surface area contributed by atoms with Crippen molar-refractivity contribution in [2.45, 2.75) is 25.4 Å². The Bertz CT molecular complexity index is 685. The van der Waals surface area contributed by atoms with Crippen LogP contribution < -0.4 is 5.32 Å². The standard InChI is InChI=1S/C16H17BrN4O2/c17-12-5-3-11(4-6-12)16(23)21-9-1-2-14(21)15(22)18-10-13-7-8-19-20-13/h3-8,14H,1-2,9-10H2,(H,18,22)(H,19,20)/t14-/m1/s1. The van der Waals surface area contributed by atoms with Crippen LogP contribution in [0.1, 0.15) is 28.9 Å². The van der Waals surface area contributed by atoms with E-state index in [-0.39, 0.29) is 11.8 Å². The summed E-state index contributed by atoms with van der Waals surface area (Å²) in [5, 5.41) is 9.50. The van der Waals surface area contributed by atoms with E-state index < -0.39 is 6.04 Å². The molecule has 2 N–H and O–H groups in total. The molecule has 1 aliphatic rings. The molecule has 7 heteroatoms. The molecule has 0 aliphatic carbocycles. The highest BCUT2D eigenvalue weighted by molar-refractivity contribution is 9.10. The topological polar surface area (TPSA) is 78.1 Å². The minimum atomic E-state index is -0.408. The maximum Gasteiger partial charge on any atom is 0.254 e. The van der Waals surface area contributed by atoms with Crippen molar-refractivity contribution in [3.63, 3.8) is 0 Å². The van der Waals surface area contributed by atoms with E-state index in [1.54, 1.807) is 29.3 Å². The Kier molecular flexibility index (Phi) is 4.76. The first kappa shape index (κ1) is 15.7. The van der Waals surface area contributed by atoms with Crippen LogP contribution in [0.5, 0.6) is 0 Å². The van der Waals surface area contributed by atoms with Gasteiger partial charge in [0, 0.05) is 22.8 Å². The Hall–Kier alpha value is -2.15. The average molecular weight is 377 g/mol. The molecule has 2 heterocycles. The Morgan fingerprint density at radius 3 is 2.78 bits per heavy atom. The smallest absolute Gasteiger partial charge is 0.254 e. The monoisotopic (exact) mass is 376 g/mol. The molecule has 6 nitrogen and oxygen atoms in total. The number of nitrogens with one attached hydrogen (secondary N) is 2. The molecule has 0 unspecified atom stereocenters. The second-order valence-corrected chi connectivity index (χ2v) is 6.38. The number of carbonyl (C=O) groups excluding carboxylic acids is 2. The molecule has 1 fully saturated rings. The number of aromatic nitrogens is 2. The molecule has 23 heavy (non-hydrogen) atoms. The summed E-state index contributed by atoms with van der Waals surface area (Å²) in [6.07, 6.45) is 3.17. The van der Waals surface area contributed by atoms with Crippen LogP contribution in [0.15, 0.2) is 41.0 Å². The van der Waals surface area contributed by atoms with Gasteiger partial charge in [0.1, 0.15) is 6.04 Å². The summed E-state index contributed by atoms with van der Waals surface area (Å²) in [7, 11) is 0. The molecule has 3 rings (SSSR count). The summed E-state index contributed by atoms with van der Waals surface area (Å²) in [5.41, 5.74) is 1.43. The largest absolute Gasteiger partial charge is 0.349 e. The van der Waals surface area contributed by atoms with Crippen molar-refractivity contribution in [1.29, 1.82) is 0 Å². The van der Waals surface area contributed by atoms with Crippen LogP contribution >= 0.6 is 15.9 Å². The lowest BCUT2D eigenvalue weighted by atomic mass is 10.1. The lowest BCUT2D eigenvalue weighted by Crippen LogP contribution is -2.45. The number of likely N-dealkylation sites (tertiary alicyclic amines) is 1. The van der Waals surface area contributed by atoms with Crippen molar-refractivity contribution >= 4 is 27.7 Å². The van der Waals surface area contributed by atoms with Crippen LogP contribution in [0.3, 0.4) is 0 Å². The second kappa shape index (κ2) is 6.95. The predicted octanol–water partition coefficient (Wildman–Crippen LogP) is 2.09. The first-order valence-corrected chi connectivity index (χ1v) is 8.27. The Morgan fingerprint density at radius 1 is 1.30 bits per heavy atom. The number of hydrogen-bond acceptors (Lipinski definition) is 3. The van der Waals surface area contributed by atoms with Gasteiger partial charge in [0.05, 0.1) is 12.2 Å². The maximum atomic E-state index is 12.6. The fourth-order valence-electron chi connectivity index (χ4n) is 2.72. The third kappa shape index (κ3) is 3.61. The van der Waals surface area contributed by atoms with Gasteiger partial charge in [0.25, 0.3) is 5.91 Å². The molecular weight excluding hydrogens is 360 g/mol. The average Bonchev–Trinajstić information content (AvgIpc) is 3.24. The van der Waals surface area contributed by atoms with E-state index in [2.05, 4.69) is 31.4 Å². The molecule has 2 aromatic rings. The van der Waals surface area contributed by atoms with Gasteiger partial charge in [-0.05, 0) is 43.2 Å². The third-order valence-electron chi connectivity index (χ3n) is 3.92. The van der Waals surface area contributed by atoms with E-state index in [4.69, 9.17) is 0 Å². The molecule has 2 amide bonds. The van der Waals surface area contributed by atoms with E-state index in [1.165, 1.54) is 0 Å². The summed E-state index contributed by atoms with van der Waals surface area (Å²) in [6.45, 7) is 0.993. The van der Waals surface area contributed by atoms with E-state index in [0.717, 1.165) is 16.6 Å². The van der Waals surface area contributed by atoms with Crippen LogP contribution in [0, 0.1) is 0 Å². The highest BCUT2D eigenvalue weighted by Gasteiger charge is 2.34. The van der Waals surface area contributed by atoms with Gasteiger partial charge in [-0.1, -0.05) is 15.9 Å². The zero-order valence-corrected chi connectivity index (χ0v) is 14.0. The van der Waals surface area contributed by atoms with Gasteiger partial charge < -0.3 is 10.2 Å². The van der Waals surface area contributed by atoms with Crippen molar-refractivity contribution in [2.24, 2.45) is 0 Å². The number of aromatic amines is 1. The Balaban J connectivity index is 1.65. The first-order chi connectivity index (χ1) is 11.1. The molecule has 1 aromatic heterocycles. The van der Waals surface area contributed by atoms with Crippen molar-refractivity contribution in [3.05, 3.63) is 52.3 Å². The Labute approximate surface area is 142 Å². The second-order valence-electron chi connectivity index (χ2n) is 5.46. The van der Waals surface area contributed by atoms with E-state index in [9.17, 15) is 9.59 Å². The molecule has 0 bridgehead atoms. The minimum absolute atomic E-state index is 0.100. The quantitative estimate of drug-likeness (QED) is 0.857. The van der Waals surface area contributed by atoms with Crippen LogP contribution in [0.4, 0.5) is 0 Å². The number of rotatable bonds is 4. The van der Waals surface area contributed by atoms with Gasteiger partial charge in [0.2, 0.25) is 5.91 Å². The minimum Gasteiger partial charge on any atom is -0.349 e. The van der Waals surface area contributed by atoms with Crippen LogP contribution in [-0.2, 0) is 11.3 Å². The predicted molar refractivity (Wildman–Crippen MR) is 88.6 cm³/mol. The number of carbonyl (C=O) groups is 2. The van der Waals surface area contributed by atoms with Crippen molar-refractivity contribution in [2.75, 3.05) is 6.54 Å². The zero-order chi connectivity index (χ0) is 16.2. The maximum absolute atomic E-state index is 12.6. The lowest BCUT2D eigenvalue weighted by molar-refractivity contribution is -0.125. The van der Waals surface area contributed by atoms with Crippen molar-refractivity contribution in [3.8, 4) is 0 Å². The normalized spacial score (nSPS) is 17.3. The van der Waals surface area contributed by atoms with Gasteiger partial charge in [0.15, 0.2) is 0 Å². The zero-order valence-electron chi connectivity index (χ0n) is 12.5. The number of H-pyrrole nitrogens is 1. The molecular formula is C16H17BrN4O2. The molecule has 120 valence electrons. The number of halogens is 1. The molecule has 1 aliphatic heterocycles. The molecule has 1 saturated heterocycles. The molecule has 0 saturated carbocycles. The third-order valence-corrected chi connectivity index (χ3v) is 4.45. The summed E-state index contributed by atoms with van der Waals surface area (Å²) >= 11 is 3.36. The summed E-state index contributed by atoms with van der Waals surface area (Å²) in [5.74, 6) is -0.223. The number of benzene rings is 1. The van der Waals surface area contributed by atoms with Crippen LogP contribution in [0.2, 0.25) is 0 Å². The summed E-state index contributed by atoms with van der Waals surface area (Å²) in [6, 6.07) is 8.59. The molecule has 0 radical (unpaired) electrons. The van der Waals surface area contributed by atoms with Gasteiger partial charge >= 0.3 is 0 Å². The fourth-order valence-corrected chi connectivity index (χ4v) is 2.99. The Morgan fingerprint density at radius 2 is 2.09 bits per heavy atom. The fraction of sp³-hybridized carbons (Fsp3) is 0.312. The molecule has 1 aromatic carbocycles. The van der Waals surface area contributed by atoms with Gasteiger partial charge in [-0.25, -0.2) is 0 Å². The van der Waals surface area contributed by atoms with E-state index in [0.29, 0.717) is 25.1 Å². The van der Waals surface area contributed by atoms with Crippen LogP contribution in [0.25, 0.3) is 0 Å². The van der Waals surface area contributed by atoms with Gasteiger partial charge in [-0.2, -0.15) is 5.10 Å². The number of amides is 2. The molecule has 0 spiro atoms. The number of hydrogen-bond donors (Lipinski definition) is 2. The lowest BCUT2D eigenvalue weighted by Gasteiger charge is -2.24.